The van der Waals surface area contributed by atoms with E-state index in [4.69, 9.17) is 0 Å². The monoisotopic (exact) mass is 1190 g/mol. The largest absolute Gasteiger partial charge is 0.309 e. The highest BCUT2D eigenvalue weighted by Gasteiger charge is 2.22. The normalized spacial score (nSPS) is 10.6. The number of hydrogen-bond donors (Lipinski definition) is 0. The SMILES string of the molecule is C=CC.C=CC=C.CC.N#Cc1ccc(-n2c3ccccc3c3cc(-c4ccc5c6ccccc6n(-c6ccccc6)c5c4)ccc32)cc1C#N.N#Cc1cccc(-n2c3ccccc3c3c(-c4ccc5c(c4)c4ccccc4n5-c4ccccc4)cccc32)c1C#N. The fourth-order valence-corrected chi connectivity index (χ4v) is 12.7. The fraction of sp³-hybridized carbons (Fsp3) is 0.0353. The molecule has 442 valence electrons. The highest BCUT2D eigenvalue weighted by molar-refractivity contribution is 6.18. The number of hydrogen-bond acceptors (Lipinski definition) is 4. The van der Waals surface area contributed by atoms with Crippen molar-refractivity contribution in [2.45, 2.75) is 20.8 Å². The summed E-state index contributed by atoms with van der Waals surface area (Å²) in [5, 5.41) is 48.2. The van der Waals surface area contributed by atoms with E-state index in [0.717, 1.165) is 88.4 Å². The first kappa shape index (κ1) is 60.3. The Morgan fingerprint density at radius 2 is 0.720 bits per heavy atom. The Bertz CT molecular complexity index is 5720. The molecule has 0 aliphatic heterocycles. The second-order valence-corrected chi connectivity index (χ2v) is 21.7. The lowest BCUT2D eigenvalue weighted by atomic mass is 9.98. The van der Waals surface area contributed by atoms with Gasteiger partial charge in [0.25, 0.3) is 0 Å². The van der Waals surface area contributed by atoms with Crippen molar-refractivity contribution < 1.29 is 0 Å². The lowest BCUT2D eigenvalue weighted by Gasteiger charge is -2.11. The van der Waals surface area contributed by atoms with Crippen LogP contribution in [0.25, 0.3) is 132 Å². The minimum Gasteiger partial charge on any atom is -0.309 e. The molecule has 0 radical (unpaired) electrons. The average molecular weight is 1200 g/mol. The highest BCUT2D eigenvalue weighted by Crippen LogP contribution is 2.43. The van der Waals surface area contributed by atoms with Gasteiger partial charge < -0.3 is 18.3 Å². The van der Waals surface area contributed by atoms with Crippen LogP contribution in [0.2, 0.25) is 0 Å². The molecule has 4 aromatic heterocycles. The molecule has 4 heterocycles. The van der Waals surface area contributed by atoms with Crippen molar-refractivity contribution in [2.24, 2.45) is 0 Å². The van der Waals surface area contributed by atoms with Gasteiger partial charge in [-0.3, -0.25) is 0 Å². The molecule has 0 saturated heterocycles. The molecule has 0 spiro atoms. The molecule has 0 unspecified atom stereocenters. The molecular weight excluding hydrogens is 1130 g/mol. The third kappa shape index (κ3) is 10.8. The van der Waals surface area contributed by atoms with E-state index in [1.165, 1.54) is 38.1 Å². The maximum Gasteiger partial charge on any atom is 0.103 e. The molecule has 93 heavy (non-hydrogen) atoms. The van der Waals surface area contributed by atoms with Gasteiger partial charge in [0.1, 0.15) is 24.3 Å². The number of rotatable bonds is 7. The molecule has 16 rings (SSSR count). The summed E-state index contributed by atoms with van der Waals surface area (Å²) in [7, 11) is 0. The Balaban J connectivity index is 0.000000159. The second kappa shape index (κ2) is 26.8. The van der Waals surface area contributed by atoms with Gasteiger partial charge in [-0.15, -0.1) is 6.58 Å². The summed E-state index contributed by atoms with van der Waals surface area (Å²) in [4.78, 5) is 0. The van der Waals surface area contributed by atoms with Crippen LogP contribution >= 0.6 is 0 Å². The molecule has 16 aromatic rings. The molecule has 0 atom stereocenters. The molecule has 0 N–H and O–H groups in total. The lowest BCUT2D eigenvalue weighted by Crippen LogP contribution is -1.99. The Labute approximate surface area is 540 Å². The number of fused-ring (bicyclic) bond motifs is 12. The van der Waals surface area contributed by atoms with E-state index in [1.54, 1.807) is 36.4 Å². The molecule has 0 bridgehead atoms. The predicted molar refractivity (Wildman–Crippen MR) is 388 cm³/mol. The highest BCUT2D eigenvalue weighted by atomic mass is 15.0. The molecule has 8 nitrogen and oxygen atoms in total. The summed E-state index contributed by atoms with van der Waals surface area (Å²) in [6.45, 7) is 16.0. The summed E-state index contributed by atoms with van der Waals surface area (Å²) in [6, 6.07) is 101. The van der Waals surface area contributed by atoms with Crippen molar-refractivity contribution in [2.75, 3.05) is 0 Å². The second-order valence-electron chi connectivity index (χ2n) is 21.7. The van der Waals surface area contributed by atoms with E-state index >= 15 is 0 Å². The van der Waals surface area contributed by atoms with Crippen molar-refractivity contribution in [3.63, 3.8) is 0 Å². The molecule has 0 aliphatic rings. The number of aromatic nitrogens is 4. The van der Waals surface area contributed by atoms with Gasteiger partial charge in [-0.05, 0) is 144 Å². The summed E-state index contributed by atoms with van der Waals surface area (Å²) < 4.78 is 8.96. The van der Waals surface area contributed by atoms with Gasteiger partial charge in [0.15, 0.2) is 0 Å². The van der Waals surface area contributed by atoms with Crippen molar-refractivity contribution in [3.05, 3.63) is 327 Å². The lowest BCUT2D eigenvalue weighted by molar-refractivity contribution is 1.16. The van der Waals surface area contributed by atoms with E-state index in [9.17, 15) is 21.0 Å². The van der Waals surface area contributed by atoms with Gasteiger partial charge in [-0.25, -0.2) is 0 Å². The van der Waals surface area contributed by atoms with Crippen molar-refractivity contribution in [1.82, 2.24) is 18.3 Å². The molecule has 0 aliphatic carbocycles. The average Bonchev–Trinajstić information content (AvgIpc) is 1.60. The summed E-state index contributed by atoms with van der Waals surface area (Å²) in [6.07, 6.45) is 5.03. The number of para-hydroxylation sites is 6. The van der Waals surface area contributed by atoms with E-state index in [2.05, 4.69) is 269 Å². The fourth-order valence-electron chi connectivity index (χ4n) is 12.7. The standard InChI is InChI=1S/2C38H22N4.C4H6.C3H6.C2H6/c39-23-26-10-8-18-35(32(26)24-40)42-34-17-7-5-14-30(34)38-28(15-9-19-37(38)42)25-20-21-36-31(22-25)29-13-4-6-16-33(29)41(36)27-11-2-1-3-12-27;39-23-27-14-17-30(20-28(27)24-40)42-36-13-7-5-11-32(36)34-21-25(16-19-37(34)42)26-15-18-33-31-10-4-6-12-35(31)41(38(33)22-26)29-8-2-1-3-9-29;1-3-4-2;1-3-2;1-2/h2*1-22H;3-4H,1-2H2;3H,1H2,2H3;1-2H3. The first-order valence-electron chi connectivity index (χ1n) is 30.8. The van der Waals surface area contributed by atoms with Gasteiger partial charge in [-0.2, -0.15) is 21.0 Å². The van der Waals surface area contributed by atoms with Gasteiger partial charge in [0.05, 0.1) is 72.1 Å². The van der Waals surface area contributed by atoms with Crippen LogP contribution in [0.15, 0.2) is 305 Å². The van der Waals surface area contributed by atoms with Gasteiger partial charge in [0.2, 0.25) is 0 Å². The quantitative estimate of drug-likeness (QED) is 0.117. The van der Waals surface area contributed by atoms with Gasteiger partial charge >= 0.3 is 0 Å². The molecule has 0 fully saturated rings. The van der Waals surface area contributed by atoms with Crippen LogP contribution < -0.4 is 0 Å². The Hall–Kier alpha value is -13.0. The zero-order chi connectivity index (χ0) is 64.5. The predicted octanol–water partition coefficient (Wildman–Crippen LogP) is 22.2. The number of nitrogens with zero attached hydrogens (tertiary/aromatic N) is 8. The van der Waals surface area contributed by atoms with E-state index in [-0.39, 0.29) is 0 Å². The number of benzene rings is 12. The first-order chi connectivity index (χ1) is 45.9. The number of allylic oxidation sites excluding steroid dienone is 3. The maximum absolute atomic E-state index is 10.1. The van der Waals surface area contributed by atoms with Crippen molar-refractivity contribution >= 4 is 87.2 Å². The molecular formula is C85H62N8. The Morgan fingerprint density at radius 3 is 1.27 bits per heavy atom. The molecule has 0 amide bonds. The number of nitriles is 4. The Morgan fingerprint density at radius 1 is 0.301 bits per heavy atom. The third-order valence-corrected chi connectivity index (χ3v) is 16.6. The van der Waals surface area contributed by atoms with E-state index in [0.29, 0.717) is 27.9 Å². The third-order valence-electron chi connectivity index (χ3n) is 16.6. The summed E-state index contributed by atoms with van der Waals surface area (Å²) in [5.41, 5.74) is 18.7. The summed E-state index contributed by atoms with van der Waals surface area (Å²) >= 11 is 0. The van der Waals surface area contributed by atoms with Crippen LogP contribution in [0.1, 0.15) is 43.0 Å². The van der Waals surface area contributed by atoms with E-state index in [1.807, 2.05) is 63.2 Å². The first-order valence-corrected chi connectivity index (χ1v) is 30.8. The van der Waals surface area contributed by atoms with E-state index < -0.39 is 0 Å². The Kier molecular flexibility index (Phi) is 17.4. The zero-order valence-electron chi connectivity index (χ0n) is 51.8. The van der Waals surface area contributed by atoms with Crippen LogP contribution in [-0.2, 0) is 0 Å². The van der Waals surface area contributed by atoms with Crippen LogP contribution in [0.3, 0.4) is 0 Å². The molecule has 0 saturated carbocycles. The summed E-state index contributed by atoms with van der Waals surface area (Å²) in [5.74, 6) is 0. The van der Waals surface area contributed by atoms with Crippen LogP contribution in [0.5, 0.6) is 0 Å². The van der Waals surface area contributed by atoms with Crippen LogP contribution in [-0.4, -0.2) is 18.3 Å². The molecule has 8 heteroatoms. The maximum atomic E-state index is 10.1. The smallest absolute Gasteiger partial charge is 0.103 e. The molecule has 12 aromatic carbocycles. The van der Waals surface area contributed by atoms with Gasteiger partial charge in [0, 0.05) is 60.2 Å². The van der Waals surface area contributed by atoms with Crippen molar-refractivity contribution in [3.8, 4) is 69.3 Å². The van der Waals surface area contributed by atoms with Crippen LogP contribution in [0, 0.1) is 45.3 Å². The van der Waals surface area contributed by atoms with Crippen molar-refractivity contribution in [1.29, 1.82) is 21.0 Å². The zero-order valence-corrected chi connectivity index (χ0v) is 51.8. The topological polar surface area (TPSA) is 115 Å². The minimum atomic E-state index is 0.373. The van der Waals surface area contributed by atoms with Gasteiger partial charge in [-0.1, -0.05) is 197 Å². The minimum absolute atomic E-state index is 0.373. The van der Waals surface area contributed by atoms with Crippen LogP contribution in [0.4, 0.5) is 0 Å².